The Morgan fingerprint density at radius 2 is 2.33 bits per heavy atom. The van der Waals surface area contributed by atoms with Gasteiger partial charge >= 0.3 is 0 Å². The first kappa shape index (κ1) is 13.8. The van der Waals surface area contributed by atoms with Gasteiger partial charge in [0, 0.05) is 17.7 Å². The van der Waals surface area contributed by atoms with Crippen LogP contribution in [0.2, 0.25) is 0 Å². The third-order valence-electron chi connectivity index (χ3n) is 4.85. The van der Waals surface area contributed by atoms with E-state index in [-0.39, 0.29) is 23.0 Å². The molecule has 2 aliphatic rings. The van der Waals surface area contributed by atoms with E-state index in [0.29, 0.717) is 11.8 Å². The summed E-state index contributed by atoms with van der Waals surface area (Å²) in [7, 11) is 0. The number of alkyl halides is 1. The van der Waals surface area contributed by atoms with E-state index >= 15 is 0 Å². The summed E-state index contributed by atoms with van der Waals surface area (Å²) in [5.41, 5.74) is 0.745. The average Bonchev–Trinajstić information content (AvgIpc) is 2.33. The quantitative estimate of drug-likeness (QED) is 0.618. The molecule has 1 fully saturated rings. The minimum atomic E-state index is -0.903. The molecule has 1 saturated carbocycles. The van der Waals surface area contributed by atoms with E-state index in [4.69, 9.17) is 11.6 Å². The van der Waals surface area contributed by atoms with E-state index < -0.39 is 6.10 Å². The Labute approximate surface area is 114 Å². The van der Waals surface area contributed by atoms with Crippen LogP contribution in [0.3, 0.4) is 0 Å². The molecule has 0 aromatic carbocycles. The minimum absolute atomic E-state index is 0.0668. The Balaban J connectivity index is 2.40. The zero-order valence-corrected chi connectivity index (χ0v) is 11.8. The largest absolute Gasteiger partial charge is 0.385 e. The SMILES string of the molecule is C=C(C)C1CC2(C)C(CCl)CC=CC2C(=O)C1O. The van der Waals surface area contributed by atoms with Crippen LogP contribution in [-0.4, -0.2) is 22.9 Å². The van der Waals surface area contributed by atoms with Gasteiger partial charge in [0.2, 0.25) is 0 Å². The summed E-state index contributed by atoms with van der Waals surface area (Å²) in [5.74, 6) is 0.468. The fourth-order valence-electron chi connectivity index (χ4n) is 3.49. The van der Waals surface area contributed by atoms with E-state index in [1.807, 2.05) is 19.1 Å². The van der Waals surface area contributed by atoms with Crippen molar-refractivity contribution in [3.05, 3.63) is 24.3 Å². The predicted octanol–water partition coefficient (Wildman–Crippen LogP) is 2.95. The first-order chi connectivity index (χ1) is 8.41. The maximum Gasteiger partial charge on any atom is 0.169 e. The molecule has 0 bridgehead atoms. The Hall–Kier alpha value is -0.600. The molecule has 0 aromatic rings. The summed E-state index contributed by atoms with van der Waals surface area (Å²) in [6.45, 7) is 7.94. The molecular weight excluding hydrogens is 248 g/mol. The first-order valence-corrected chi connectivity index (χ1v) is 7.05. The van der Waals surface area contributed by atoms with Crippen LogP contribution in [0.5, 0.6) is 0 Å². The van der Waals surface area contributed by atoms with Crippen LogP contribution in [0.15, 0.2) is 24.3 Å². The van der Waals surface area contributed by atoms with Crippen molar-refractivity contribution in [3.63, 3.8) is 0 Å². The van der Waals surface area contributed by atoms with Crippen LogP contribution in [-0.2, 0) is 4.79 Å². The second kappa shape index (κ2) is 4.82. The number of aliphatic hydroxyl groups is 1. The van der Waals surface area contributed by atoms with E-state index in [1.165, 1.54) is 0 Å². The highest BCUT2D eigenvalue weighted by Gasteiger charge is 2.53. The number of allylic oxidation sites excluding steroid dienone is 2. The highest BCUT2D eigenvalue weighted by Crippen LogP contribution is 2.52. The van der Waals surface area contributed by atoms with Gasteiger partial charge in [-0.25, -0.2) is 0 Å². The third-order valence-corrected chi connectivity index (χ3v) is 5.22. The summed E-state index contributed by atoms with van der Waals surface area (Å²) in [5, 5.41) is 10.1. The molecule has 5 unspecified atom stereocenters. The fourth-order valence-corrected chi connectivity index (χ4v) is 3.96. The fraction of sp³-hybridized carbons (Fsp3) is 0.667. The number of carbonyl (C=O) groups excluding carboxylic acids is 1. The molecule has 2 nitrogen and oxygen atoms in total. The number of rotatable bonds is 2. The van der Waals surface area contributed by atoms with Gasteiger partial charge in [0.15, 0.2) is 5.78 Å². The van der Waals surface area contributed by atoms with Gasteiger partial charge in [-0.3, -0.25) is 4.79 Å². The van der Waals surface area contributed by atoms with E-state index in [2.05, 4.69) is 13.5 Å². The van der Waals surface area contributed by atoms with Gasteiger partial charge in [0.1, 0.15) is 6.10 Å². The van der Waals surface area contributed by atoms with Gasteiger partial charge in [-0.1, -0.05) is 31.2 Å². The molecule has 2 rings (SSSR count). The number of halogens is 1. The highest BCUT2D eigenvalue weighted by atomic mass is 35.5. The van der Waals surface area contributed by atoms with Crippen LogP contribution >= 0.6 is 11.6 Å². The summed E-state index contributed by atoms with van der Waals surface area (Å²) in [6.07, 6.45) is 4.80. The van der Waals surface area contributed by atoms with Crippen LogP contribution in [0.1, 0.15) is 26.7 Å². The maximum atomic E-state index is 12.4. The van der Waals surface area contributed by atoms with Crippen molar-refractivity contribution in [2.45, 2.75) is 32.8 Å². The molecule has 100 valence electrons. The Kier molecular flexibility index (Phi) is 3.70. The van der Waals surface area contributed by atoms with Crippen molar-refractivity contribution in [3.8, 4) is 0 Å². The molecule has 0 spiro atoms. The lowest BCUT2D eigenvalue weighted by Gasteiger charge is -2.50. The van der Waals surface area contributed by atoms with Crippen molar-refractivity contribution in [1.82, 2.24) is 0 Å². The highest BCUT2D eigenvalue weighted by molar-refractivity contribution is 6.18. The first-order valence-electron chi connectivity index (χ1n) is 6.51. The summed E-state index contributed by atoms with van der Waals surface area (Å²) >= 11 is 6.07. The Morgan fingerprint density at radius 3 is 2.89 bits per heavy atom. The van der Waals surface area contributed by atoms with Gasteiger partial charge in [-0.2, -0.15) is 0 Å². The minimum Gasteiger partial charge on any atom is -0.385 e. The molecule has 2 aliphatic carbocycles. The molecule has 0 radical (unpaired) electrons. The lowest BCUT2D eigenvalue weighted by molar-refractivity contribution is -0.144. The molecule has 0 amide bonds. The van der Waals surface area contributed by atoms with E-state index in [1.54, 1.807) is 0 Å². The molecule has 18 heavy (non-hydrogen) atoms. The van der Waals surface area contributed by atoms with Crippen LogP contribution in [0.4, 0.5) is 0 Å². The molecule has 0 aliphatic heterocycles. The summed E-state index contributed by atoms with van der Waals surface area (Å²) in [4.78, 5) is 12.4. The number of hydrogen-bond acceptors (Lipinski definition) is 2. The van der Waals surface area contributed by atoms with Gasteiger partial charge < -0.3 is 5.11 Å². The maximum absolute atomic E-state index is 12.4. The zero-order valence-electron chi connectivity index (χ0n) is 11.0. The smallest absolute Gasteiger partial charge is 0.169 e. The summed E-state index contributed by atoms with van der Waals surface area (Å²) in [6, 6.07) is 0. The second-order valence-electron chi connectivity index (χ2n) is 6.00. The molecule has 0 saturated heterocycles. The van der Waals surface area contributed by atoms with Crippen molar-refractivity contribution in [2.24, 2.45) is 23.2 Å². The third kappa shape index (κ3) is 1.96. The molecule has 3 heteroatoms. The number of ketones is 1. The number of hydrogen-bond donors (Lipinski definition) is 1. The van der Waals surface area contributed by atoms with Gasteiger partial charge in [0.25, 0.3) is 0 Å². The van der Waals surface area contributed by atoms with Crippen molar-refractivity contribution in [2.75, 3.05) is 5.88 Å². The molecule has 0 heterocycles. The molecule has 0 aromatic heterocycles. The number of aliphatic hydroxyl groups excluding tert-OH is 1. The Morgan fingerprint density at radius 1 is 1.67 bits per heavy atom. The zero-order chi connectivity index (χ0) is 13.5. The lowest BCUT2D eigenvalue weighted by Crippen LogP contribution is -2.53. The summed E-state index contributed by atoms with van der Waals surface area (Å²) < 4.78 is 0. The number of Topliss-reactive ketones (excluding diaryl/α,β-unsaturated/α-hetero) is 1. The van der Waals surface area contributed by atoms with E-state index in [0.717, 1.165) is 18.4 Å². The predicted molar refractivity (Wildman–Crippen MR) is 73.5 cm³/mol. The Bertz CT molecular complexity index is 401. The number of fused-ring (bicyclic) bond motifs is 1. The molecule has 1 N–H and O–H groups in total. The second-order valence-corrected chi connectivity index (χ2v) is 6.31. The average molecular weight is 269 g/mol. The molecule has 5 atom stereocenters. The van der Waals surface area contributed by atoms with Crippen LogP contribution in [0.25, 0.3) is 0 Å². The lowest BCUT2D eigenvalue weighted by atomic mass is 9.54. The van der Waals surface area contributed by atoms with Crippen LogP contribution < -0.4 is 0 Å². The van der Waals surface area contributed by atoms with Crippen molar-refractivity contribution < 1.29 is 9.90 Å². The standard InChI is InChI=1S/C15H21ClO2/c1-9(2)11-7-15(3)10(8-16)5-4-6-12(15)14(18)13(11)17/h4,6,10-13,17H,1,5,7-8H2,2-3H3. The van der Waals surface area contributed by atoms with Gasteiger partial charge in [0.05, 0.1) is 0 Å². The molecular formula is C15H21ClO2. The van der Waals surface area contributed by atoms with Crippen LogP contribution in [0, 0.1) is 23.2 Å². The van der Waals surface area contributed by atoms with E-state index in [9.17, 15) is 9.90 Å². The van der Waals surface area contributed by atoms with Crippen molar-refractivity contribution >= 4 is 17.4 Å². The van der Waals surface area contributed by atoms with Gasteiger partial charge in [-0.05, 0) is 31.1 Å². The normalized spacial score (nSPS) is 43.7. The van der Waals surface area contributed by atoms with Crippen molar-refractivity contribution in [1.29, 1.82) is 0 Å². The monoisotopic (exact) mass is 268 g/mol. The van der Waals surface area contributed by atoms with Gasteiger partial charge in [-0.15, -0.1) is 11.6 Å². The topological polar surface area (TPSA) is 37.3 Å². The number of carbonyl (C=O) groups is 1.